The molecule has 0 bridgehead atoms. The number of amides is 1. The number of carbonyl (C=O) groups is 2. The molecule has 26 heavy (non-hydrogen) atoms. The van der Waals surface area contributed by atoms with Gasteiger partial charge in [-0.25, -0.2) is 8.78 Å². The zero-order valence-corrected chi connectivity index (χ0v) is 13.9. The Labute approximate surface area is 149 Å². The predicted molar refractivity (Wildman–Crippen MR) is 91.3 cm³/mol. The number of hydrogen-bond donors (Lipinski definition) is 2. The molecule has 1 amide bonds. The molecular formula is C19H18F2N2O3. The highest BCUT2D eigenvalue weighted by Gasteiger charge is 2.42. The zero-order chi connectivity index (χ0) is 18.7. The van der Waals surface area contributed by atoms with Gasteiger partial charge in [0.2, 0.25) is 5.91 Å². The first-order valence-electron chi connectivity index (χ1n) is 8.19. The molecule has 0 radical (unpaired) electrons. The Kier molecular flexibility index (Phi) is 5.27. The summed E-state index contributed by atoms with van der Waals surface area (Å²) in [5, 5.41) is 11.8. The number of benzene rings is 2. The fourth-order valence-electron chi connectivity index (χ4n) is 3.19. The number of aliphatic carboxylic acids is 1. The molecule has 2 aromatic rings. The molecule has 2 aromatic carbocycles. The second-order valence-corrected chi connectivity index (χ2v) is 6.34. The quantitative estimate of drug-likeness (QED) is 0.860. The number of halogens is 2. The van der Waals surface area contributed by atoms with Crippen molar-refractivity contribution in [1.82, 2.24) is 4.90 Å². The third-order valence-electron chi connectivity index (χ3n) is 4.49. The molecule has 3 rings (SSSR count). The molecule has 0 aromatic heterocycles. The van der Waals surface area contributed by atoms with Gasteiger partial charge in [-0.3, -0.25) is 14.5 Å². The molecule has 0 saturated carbocycles. The number of nitrogens with zero attached hydrogens (tertiary/aromatic N) is 1. The van der Waals surface area contributed by atoms with Gasteiger partial charge in [0.25, 0.3) is 0 Å². The van der Waals surface area contributed by atoms with E-state index in [1.54, 1.807) is 0 Å². The van der Waals surface area contributed by atoms with E-state index in [0.717, 1.165) is 17.7 Å². The summed E-state index contributed by atoms with van der Waals surface area (Å²) < 4.78 is 26.7. The minimum Gasteiger partial charge on any atom is -0.481 e. The van der Waals surface area contributed by atoms with Crippen molar-refractivity contribution in [3.63, 3.8) is 0 Å². The van der Waals surface area contributed by atoms with Crippen molar-refractivity contribution >= 4 is 17.6 Å². The molecule has 1 aliphatic heterocycles. The summed E-state index contributed by atoms with van der Waals surface area (Å²) in [6, 6.07) is 12.3. The number of nitrogens with one attached hydrogen (secondary N) is 1. The van der Waals surface area contributed by atoms with E-state index in [9.17, 15) is 23.5 Å². The van der Waals surface area contributed by atoms with Gasteiger partial charge in [0.15, 0.2) is 0 Å². The fraction of sp³-hybridized carbons (Fsp3) is 0.263. The van der Waals surface area contributed by atoms with Crippen LogP contribution in [0, 0.1) is 23.5 Å². The third-order valence-corrected chi connectivity index (χ3v) is 4.49. The lowest BCUT2D eigenvalue weighted by Crippen LogP contribution is -2.33. The van der Waals surface area contributed by atoms with Crippen LogP contribution in [0.5, 0.6) is 0 Å². The number of carboxylic acids is 1. The topological polar surface area (TPSA) is 69.6 Å². The van der Waals surface area contributed by atoms with Crippen LogP contribution in [0.15, 0.2) is 48.5 Å². The van der Waals surface area contributed by atoms with Crippen LogP contribution in [0.25, 0.3) is 0 Å². The average molecular weight is 360 g/mol. The molecule has 1 fully saturated rings. The number of carbonyl (C=O) groups excluding carboxylic acids is 1. The maximum Gasteiger partial charge on any atom is 0.308 e. The Morgan fingerprint density at radius 3 is 2.42 bits per heavy atom. The van der Waals surface area contributed by atoms with Crippen molar-refractivity contribution in [3.8, 4) is 0 Å². The summed E-state index contributed by atoms with van der Waals surface area (Å²) in [6.07, 6.45) is 0. The lowest BCUT2D eigenvalue weighted by Gasteiger charge is -2.16. The summed E-state index contributed by atoms with van der Waals surface area (Å²) in [5.41, 5.74) is 0.851. The van der Waals surface area contributed by atoms with Crippen LogP contribution in [0.4, 0.5) is 14.5 Å². The standard InChI is InChI=1S/C19H18F2N2O3/c20-13-6-7-17(16(21)8-13)22-18(24)14-10-23(11-15(14)19(25)26)9-12-4-2-1-3-5-12/h1-8,14-15H,9-11H2,(H,22,24)(H,25,26). The first-order chi connectivity index (χ1) is 12.4. The second kappa shape index (κ2) is 7.61. The van der Waals surface area contributed by atoms with Crippen LogP contribution >= 0.6 is 0 Å². The summed E-state index contributed by atoms with van der Waals surface area (Å²) in [7, 11) is 0. The molecule has 0 aliphatic carbocycles. The minimum atomic E-state index is -1.07. The highest BCUT2D eigenvalue weighted by molar-refractivity contribution is 5.95. The molecule has 2 atom stereocenters. The maximum absolute atomic E-state index is 13.7. The monoisotopic (exact) mass is 360 g/mol. The Morgan fingerprint density at radius 2 is 1.77 bits per heavy atom. The molecule has 1 heterocycles. The highest BCUT2D eigenvalue weighted by Crippen LogP contribution is 2.27. The zero-order valence-electron chi connectivity index (χ0n) is 13.9. The number of carboxylic acid groups (broad SMARTS) is 1. The molecule has 5 nitrogen and oxygen atoms in total. The lowest BCUT2D eigenvalue weighted by molar-refractivity contribution is -0.144. The molecule has 7 heteroatoms. The van der Waals surface area contributed by atoms with Crippen molar-refractivity contribution in [1.29, 1.82) is 0 Å². The van der Waals surface area contributed by atoms with Crippen molar-refractivity contribution in [2.75, 3.05) is 18.4 Å². The Bertz CT molecular complexity index is 814. The molecule has 2 N–H and O–H groups in total. The number of rotatable bonds is 5. The van der Waals surface area contributed by atoms with Crippen LogP contribution in [0.3, 0.4) is 0 Å². The van der Waals surface area contributed by atoms with Crippen LogP contribution in [-0.4, -0.2) is 35.0 Å². The van der Waals surface area contributed by atoms with Crippen molar-refractivity contribution in [2.45, 2.75) is 6.54 Å². The van der Waals surface area contributed by atoms with Crippen molar-refractivity contribution < 1.29 is 23.5 Å². The van der Waals surface area contributed by atoms with Gasteiger partial charge < -0.3 is 10.4 Å². The molecule has 136 valence electrons. The summed E-state index contributed by atoms with van der Waals surface area (Å²) >= 11 is 0. The Morgan fingerprint density at radius 1 is 1.08 bits per heavy atom. The van der Waals surface area contributed by atoms with E-state index in [0.29, 0.717) is 12.6 Å². The SMILES string of the molecule is O=C(O)C1CN(Cc2ccccc2)CC1C(=O)Nc1ccc(F)cc1F. The second-order valence-electron chi connectivity index (χ2n) is 6.34. The fourth-order valence-corrected chi connectivity index (χ4v) is 3.19. The highest BCUT2D eigenvalue weighted by atomic mass is 19.1. The lowest BCUT2D eigenvalue weighted by atomic mass is 9.95. The van der Waals surface area contributed by atoms with Gasteiger partial charge in [0, 0.05) is 25.7 Å². The van der Waals surface area contributed by atoms with E-state index in [2.05, 4.69) is 5.32 Å². The van der Waals surface area contributed by atoms with E-state index in [1.807, 2.05) is 35.2 Å². The summed E-state index contributed by atoms with van der Waals surface area (Å²) in [6.45, 7) is 1.01. The van der Waals surface area contributed by atoms with Gasteiger partial charge in [0.1, 0.15) is 11.6 Å². The van der Waals surface area contributed by atoms with Gasteiger partial charge in [-0.15, -0.1) is 0 Å². The first-order valence-corrected chi connectivity index (χ1v) is 8.19. The minimum absolute atomic E-state index is 0.165. The smallest absolute Gasteiger partial charge is 0.308 e. The Balaban J connectivity index is 1.72. The molecule has 0 spiro atoms. The van der Waals surface area contributed by atoms with Crippen LogP contribution in [-0.2, 0) is 16.1 Å². The molecule has 1 aliphatic rings. The predicted octanol–water partition coefficient (Wildman–Crippen LogP) is 2.74. The summed E-state index contributed by atoms with van der Waals surface area (Å²) in [4.78, 5) is 25.9. The van der Waals surface area contributed by atoms with Crippen LogP contribution < -0.4 is 5.32 Å². The van der Waals surface area contributed by atoms with Gasteiger partial charge in [0.05, 0.1) is 17.5 Å². The number of hydrogen-bond acceptors (Lipinski definition) is 3. The summed E-state index contributed by atoms with van der Waals surface area (Å²) in [5.74, 6) is -5.01. The van der Waals surface area contributed by atoms with Gasteiger partial charge in [-0.05, 0) is 17.7 Å². The molecule has 2 unspecified atom stereocenters. The van der Waals surface area contributed by atoms with Gasteiger partial charge in [-0.1, -0.05) is 30.3 Å². The van der Waals surface area contributed by atoms with E-state index in [-0.39, 0.29) is 18.8 Å². The van der Waals surface area contributed by atoms with Crippen molar-refractivity contribution in [3.05, 3.63) is 65.7 Å². The maximum atomic E-state index is 13.7. The van der Waals surface area contributed by atoms with E-state index in [1.165, 1.54) is 0 Å². The van der Waals surface area contributed by atoms with E-state index < -0.39 is 35.3 Å². The van der Waals surface area contributed by atoms with Crippen LogP contribution in [0.1, 0.15) is 5.56 Å². The molecule has 1 saturated heterocycles. The first kappa shape index (κ1) is 18.0. The van der Waals surface area contributed by atoms with Crippen molar-refractivity contribution in [2.24, 2.45) is 11.8 Å². The third kappa shape index (κ3) is 4.05. The van der Waals surface area contributed by atoms with Gasteiger partial charge >= 0.3 is 5.97 Å². The average Bonchev–Trinajstić information content (AvgIpc) is 3.02. The normalized spacial score (nSPS) is 20.1. The van der Waals surface area contributed by atoms with E-state index in [4.69, 9.17) is 0 Å². The largest absolute Gasteiger partial charge is 0.481 e. The van der Waals surface area contributed by atoms with Crippen LogP contribution in [0.2, 0.25) is 0 Å². The Hall–Kier alpha value is -2.80. The van der Waals surface area contributed by atoms with E-state index >= 15 is 0 Å². The van der Waals surface area contributed by atoms with Gasteiger partial charge in [-0.2, -0.15) is 0 Å². The number of anilines is 1. The number of likely N-dealkylation sites (tertiary alicyclic amines) is 1. The molecular weight excluding hydrogens is 342 g/mol.